The molecular weight excluding hydrogens is 144 g/mol. The van der Waals surface area contributed by atoms with E-state index in [9.17, 15) is 0 Å². The van der Waals surface area contributed by atoms with Crippen LogP contribution in [0, 0.1) is 0 Å². The molecule has 0 heterocycles. The van der Waals surface area contributed by atoms with Crippen LogP contribution < -0.4 is 0 Å². The highest BCUT2D eigenvalue weighted by Crippen LogP contribution is 2.03. The maximum Gasteiger partial charge on any atom is -0.0274 e. The minimum Gasteiger partial charge on any atom is -0.126 e. The summed E-state index contributed by atoms with van der Waals surface area (Å²) in [7, 11) is 0. The zero-order chi connectivity index (χ0) is 9.23. The molecule has 0 fully saturated rings. The van der Waals surface area contributed by atoms with E-state index in [1.165, 1.54) is 37.7 Å². The van der Waals surface area contributed by atoms with Gasteiger partial charge in [0.15, 0.2) is 0 Å². The number of rotatable bonds is 6. The number of hydrogen-bond acceptors (Lipinski definition) is 0. The van der Waals surface area contributed by atoms with Gasteiger partial charge in [-0.05, 0) is 37.8 Å². The molecule has 0 aliphatic rings. The lowest BCUT2D eigenvalue weighted by Crippen LogP contribution is -1.73. The molecule has 0 nitrogen and oxygen atoms in total. The lowest BCUT2D eigenvalue weighted by Gasteiger charge is -1.92. The van der Waals surface area contributed by atoms with E-state index in [4.69, 9.17) is 0 Å². The first kappa shape index (κ1) is 11.5. The second-order valence-corrected chi connectivity index (χ2v) is 3.33. The first-order chi connectivity index (χ1) is 5.81. The summed E-state index contributed by atoms with van der Waals surface area (Å²) in [5.74, 6) is 0. The van der Waals surface area contributed by atoms with E-state index in [0.29, 0.717) is 0 Å². The second kappa shape index (κ2) is 8.62. The molecule has 0 bridgehead atoms. The van der Waals surface area contributed by atoms with E-state index in [1.807, 2.05) is 0 Å². The number of hydrogen-bond donors (Lipinski definition) is 0. The molecule has 0 unspecified atom stereocenters. The van der Waals surface area contributed by atoms with Crippen LogP contribution in [0.1, 0.15) is 59.3 Å². The second-order valence-electron chi connectivity index (χ2n) is 3.33. The Bertz CT molecular complexity index is 147. The molecule has 12 heavy (non-hydrogen) atoms. The zero-order valence-corrected chi connectivity index (χ0v) is 8.82. The highest BCUT2D eigenvalue weighted by Gasteiger charge is 1.83. The van der Waals surface area contributed by atoms with Crippen LogP contribution in [-0.4, -0.2) is 0 Å². The molecule has 0 aliphatic heterocycles. The van der Waals surface area contributed by atoms with Gasteiger partial charge in [-0.1, -0.05) is 33.1 Å². The Balaban J connectivity index is 3.35. The highest BCUT2D eigenvalue weighted by atomic mass is 13.9. The quantitative estimate of drug-likeness (QED) is 0.403. The van der Waals surface area contributed by atoms with E-state index in [0.717, 1.165) is 6.42 Å². The van der Waals surface area contributed by atoms with Gasteiger partial charge in [0.25, 0.3) is 0 Å². The van der Waals surface area contributed by atoms with Crippen LogP contribution in [0.3, 0.4) is 0 Å². The molecule has 0 saturated heterocycles. The van der Waals surface area contributed by atoms with Gasteiger partial charge in [0, 0.05) is 0 Å². The minimum absolute atomic E-state index is 1.13. The van der Waals surface area contributed by atoms with Crippen LogP contribution in [0.4, 0.5) is 0 Å². The van der Waals surface area contributed by atoms with Crippen molar-refractivity contribution in [3.05, 3.63) is 17.4 Å². The highest BCUT2D eigenvalue weighted by molar-refractivity contribution is 4.96. The fourth-order valence-corrected chi connectivity index (χ4v) is 1.02. The first-order valence-corrected chi connectivity index (χ1v) is 5.21. The van der Waals surface area contributed by atoms with Gasteiger partial charge in [-0.3, -0.25) is 0 Å². The summed E-state index contributed by atoms with van der Waals surface area (Å²) in [6.07, 6.45) is 9.94. The van der Waals surface area contributed by atoms with Gasteiger partial charge >= 0.3 is 0 Å². The molecule has 0 aromatic rings. The Morgan fingerprint density at radius 1 is 1.17 bits per heavy atom. The molecule has 0 radical (unpaired) electrons. The van der Waals surface area contributed by atoms with Gasteiger partial charge in [-0.2, -0.15) is 0 Å². The molecular formula is C12H22. The summed E-state index contributed by atoms with van der Waals surface area (Å²) in [6.45, 7) is 6.56. The van der Waals surface area contributed by atoms with Gasteiger partial charge in [-0.25, -0.2) is 0 Å². The molecule has 0 aliphatic carbocycles. The Kier molecular flexibility index (Phi) is 8.27. The maximum atomic E-state index is 3.30. The molecule has 0 N–H and O–H groups in total. The summed E-state index contributed by atoms with van der Waals surface area (Å²) in [6, 6.07) is 0. The van der Waals surface area contributed by atoms with Crippen molar-refractivity contribution >= 4 is 0 Å². The summed E-state index contributed by atoms with van der Waals surface area (Å²) >= 11 is 0. The number of allylic oxidation sites excluding steroid dienone is 1. The van der Waals surface area contributed by atoms with Crippen LogP contribution >= 0.6 is 0 Å². The van der Waals surface area contributed by atoms with E-state index >= 15 is 0 Å². The third kappa shape index (κ3) is 7.63. The molecule has 0 heteroatoms. The topological polar surface area (TPSA) is 0 Å². The zero-order valence-electron chi connectivity index (χ0n) is 8.82. The molecule has 0 atom stereocenters. The lowest BCUT2D eigenvalue weighted by molar-refractivity contribution is 0.674. The van der Waals surface area contributed by atoms with Crippen LogP contribution in [0.15, 0.2) is 17.4 Å². The third-order valence-corrected chi connectivity index (χ3v) is 2.08. The third-order valence-electron chi connectivity index (χ3n) is 2.08. The Hall–Kier alpha value is -0.480. The van der Waals surface area contributed by atoms with Crippen molar-refractivity contribution in [2.24, 2.45) is 0 Å². The van der Waals surface area contributed by atoms with E-state index in [2.05, 4.69) is 32.6 Å². The SMILES string of the molecule is CCCCCCC=C=C(C)CC. The smallest absolute Gasteiger partial charge is 0.0274 e. The molecule has 70 valence electrons. The van der Waals surface area contributed by atoms with Gasteiger partial charge < -0.3 is 0 Å². The van der Waals surface area contributed by atoms with Crippen molar-refractivity contribution < 1.29 is 0 Å². The Labute approximate surface area is 77.4 Å². The first-order valence-electron chi connectivity index (χ1n) is 5.21. The molecule has 0 aromatic carbocycles. The largest absolute Gasteiger partial charge is 0.126 e. The van der Waals surface area contributed by atoms with Crippen molar-refractivity contribution in [2.75, 3.05) is 0 Å². The summed E-state index contributed by atoms with van der Waals surface area (Å²) in [5, 5.41) is 0. The summed E-state index contributed by atoms with van der Waals surface area (Å²) < 4.78 is 0. The maximum absolute atomic E-state index is 3.30. The minimum atomic E-state index is 1.13. The van der Waals surface area contributed by atoms with E-state index in [1.54, 1.807) is 0 Å². The average molecular weight is 166 g/mol. The summed E-state index contributed by atoms with van der Waals surface area (Å²) in [5.41, 5.74) is 4.67. The van der Waals surface area contributed by atoms with Crippen molar-refractivity contribution in [2.45, 2.75) is 59.3 Å². The monoisotopic (exact) mass is 166 g/mol. The standard InChI is InChI=1S/C12H22/c1-4-6-7-8-9-10-11-12(3)5-2/h10H,4-9H2,1-3H3. The molecule has 0 spiro atoms. The van der Waals surface area contributed by atoms with Gasteiger partial charge in [0.05, 0.1) is 0 Å². The molecule has 0 amide bonds. The van der Waals surface area contributed by atoms with Gasteiger partial charge in [0.1, 0.15) is 0 Å². The van der Waals surface area contributed by atoms with Crippen LogP contribution in [0.25, 0.3) is 0 Å². The predicted octanol–water partition coefficient (Wildman–Crippen LogP) is 4.47. The fraction of sp³-hybridized carbons (Fsp3) is 0.750. The molecule has 0 saturated carbocycles. The Morgan fingerprint density at radius 3 is 2.50 bits per heavy atom. The van der Waals surface area contributed by atoms with E-state index in [-0.39, 0.29) is 0 Å². The lowest BCUT2D eigenvalue weighted by atomic mass is 10.1. The van der Waals surface area contributed by atoms with Crippen molar-refractivity contribution in [3.63, 3.8) is 0 Å². The molecule has 0 rings (SSSR count). The normalized spacial score (nSPS) is 9.25. The van der Waals surface area contributed by atoms with Crippen molar-refractivity contribution in [1.29, 1.82) is 0 Å². The predicted molar refractivity (Wildman–Crippen MR) is 56.3 cm³/mol. The Morgan fingerprint density at radius 2 is 1.92 bits per heavy atom. The molecule has 0 aromatic heterocycles. The van der Waals surface area contributed by atoms with Crippen LogP contribution in [-0.2, 0) is 0 Å². The van der Waals surface area contributed by atoms with Gasteiger partial charge in [0.2, 0.25) is 0 Å². The van der Waals surface area contributed by atoms with Gasteiger partial charge in [-0.15, -0.1) is 5.73 Å². The van der Waals surface area contributed by atoms with Crippen LogP contribution in [0.2, 0.25) is 0 Å². The van der Waals surface area contributed by atoms with Crippen molar-refractivity contribution in [3.8, 4) is 0 Å². The summed E-state index contributed by atoms with van der Waals surface area (Å²) in [4.78, 5) is 0. The average Bonchev–Trinajstić information content (AvgIpc) is 2.10. The van der Waals surface area contributed by atoms with Crippen LogP contribution in [0.5, 0.6) is 0 Å². The number of unbranched alkanes of at least 4 members (excludes halogenated alkanes) is 4. The van der Waals surface area contributed by atoms with E-state index < -0.39 is 0 Å². The van der Waals surface area contributed by atoms with Crippen molar-refractivity contribution in [1.82, 2.24) is 0 Å². The fourth-order valence-electron chi connectivity index (χ4n) is 1.02.